The Labute approximate surface area is 150 Å². The lowest BCUT2D eigenvalue weighted by molar-refractivity contribution is 0.0126. The quantitative estimate of drug-likeness (QED) is 0.580. The van der Waals surface area contributed by atoms with Crippen LogP contribution in [0, 0.1) is 0 Å². The van der Waals surface area contributed by atoms with Crippen molar-refractivity contribution in [3.8, 4) is 0 Å². The Hall–Kier alpha value is -0.690. The van der Waals surface area contributed by atoms with Crippen LogP contribution in [0.25, 0.3) is 0 Å². The first-order valence-electron chi connectivity index (χ1n) is 9.26. The largest absolute Gasteiger partial charge is 0.381 e. The lowest BCUT2D eigenvalue weighted by Crippen LogP contribution is -2.51. The van der Waals surface area contributed by atoms with Gasteiger partial charge in [0.2, 0.25) is 0 Å². The van der Waals surface area contributed by atoms with E-state index in [1.165, 1.54) is 31.5 Å². The molecule has 5 nitrogen and oxygen atoms in total. The zero-order valence-electron chi connectivity index (χ0n) is 15.0. The minimum absolute atomic E-state index is 0.578. The van der Waals surface area contributed by atoms with Crippen molar-refractivity contribution in [2.45, 2.75) is 56.1 Å². The summed E-state index contributed by atoms with van der Waals surface area (Å²) in [5.74, 6) is 0. The summed E-state index contributed by atoms with van der Waals surface area (Å²) in [7, 11) is 0. The number of hydrogen-bond acceptors (Lipinski definition) is 6. The highest BCUT2D eigenvalue weighted by Gasteiger charge is 2.25. The van der Waals surface area contributed by atoms with E-state index in [0.29, 0.717) is 5.25 Å². The predicted octanol–water partition coefficient (Wildman–Crippen LogP) is 2.66. The van der Waals surface area contributed by atoms with Gasteiger partial charge in [0.05, 0.1) is 0 Å². The van der Waals surface area contributed by atoms with E-state index < -0.39 is 0 Å². The number of piperazine rings is 1. The molecule has 0 unspecified atom stereocenters. The zero-order valence-corrected chi connectivity index (χ0v) is 15.8. The average Bonchev–Trinajstić information content (AvgIpc) is 2.64. The first-order valence-corrected chi connectivity index (χ1v) is 10.1. The van der Waals surface area contributed by atoms with E-state index in [4.69, 9.17) is 4.74 Å². The van der Waals surface area contributed by atoms with Gasteiger partial charge in [-0.05, 0) is 19.3 Å². The van der Waals surface area contributed by atoms with Crippen molar-refractivity contribution < 1.29 is 4.74 Å². The van der Waals surface area contributed by atoms with Crippen LogP contribution in [-0.2, 0) is 11.3 Å². The highest BCUT2D eigenvalue weighted by Crippen LogP contribution is 2.21. The smallest absolute Gasteiger partial charge is 0.187 e. The molecule has 2 aliphatic rings. The molecule has 0 aliphatic carbocycles. The van der Waals surface area contributed by atoms with Crippen LogP contribution in [0.1, 0.15) is 38.7 Å². The molecule has 0 N–H and O–H groups in total. The molecule has 1 aromatic heterocycles. The number of ether oxygens (including phenoxy) is 1. The van der Waals surface area contributed by atoms with Crippen molar-refractivity contribution >= 4 is 11.8 Å². The van der Waals surface area contributed by atoms with Gasteiger partial charge in [-0.1, -0.05) is 25.6 Å². The summed E-state index contributed by atoms with van der Waals surface area (Å²) >= 11 is 1.76. The van der Waals surface area contributed by atoms with Crippen LogP contribution in [0.5, 0.6) is 0 Å². The van der Waals surface area contributed by atoms with E-state index in [9.17, 15) is 0 Å². The molecule has 0 bridgehead atoms. The van der Waals surface area contributed by atoms with Crippen LogP contribution in [0.3, 0.4) is 0 Å². The van der Waals surface area contributed by atoms with E-state index in [1.54, 1.807) is 11.8 Å². The molecular weight excluding hydrogens is 320 g/mol. The normalized spacial score (nSPS) is 22.6. The molecule has 0 radical (unpaired) electrons. The topological polar surface area (TPSA) is 41.5 Å². The van der Waals surface area contributed by atoms with Gasteiger partial charge in [0.1, 0.15) is 0 Å². The summed E-state index contributed by atoms with van der Waals surface area (Å²) < 4.78 is 5.48. The van der Waals surface area contributed by atoms with E-state index >= 15 is 0 Å². The van der Waals surface area contributed by atoms with Crippen molar-refractivity contribution in [2.75, 3.05) is 39.4 Å². The number of aromatic nitrogens is 2. The second kappa shape index (κ2) is 9.13. The molecule has 3 heterocycles. The minimum Gasteiger partial charge on any atom is -0.381 e. The van der Waals surface area contributed by atoms with Crippen molar-refractivity contribution in [3.05, 3.63) is 18.0 Å². The molecule has 1 atom stereocenters. The Morgan fingerprint density at radius 1 is 1.17 bits per heavy atom. The molecule has 0 saturated carbocycles. The third-order valence-electron chi connectivity index (χ3n) is 5.08. The fourth-order valence-electron chi connectivity index (χ4n) is 3.34. The van der Waals surface area contributed by atoms with Crippen molar-refractivity contribution in [1.82, 2.24) is 19.8 Å². The van der Waals surface area contributed by atoms with Gasteiger partial charge < -0.3 is 4.74 Å². The highest BCUT2D eigenvalue weighted by molar-refractivity contribution is 7.99. The van der Waals surface area contributed by atoms with Crippen LogP contribution < -0.4 is 0 Å². The van der Waals surface area contributed by atoms with E-state index in [2.05, 4.69) is 33.6 Å². The lowest BCUT2D eigenvalue weighted by Gasteiger charge is -2.40. The van der Waals surface area contributed by atoms with Gasteiger partial charge >= 0.3 is 0 Å². The monoisotopic (exact) mass is 350 g/mol. The second-order valence-electron chi connectivity index (χ2n) is 6.87. The SMILES string of the molecule is CC[C@@H](C)Sc1ncc(CN2CCN(C3CCOCC3)CC2)cn1. The van der Waals surface area contributed by atoms with Crippen molar-refractivity contribution in [2.24, 2.45) is 0 Å². The predicted molar refractivity (Wildman–Crippen MR) is 98.3 cm³/mol. The Bertz CT molecular complexity index is 484. The molecule has 2 fully saturated rings. The first kappa shape index (κ1) is 18.1. The third-order valence-corrected chi connectivity index (χ3v) is 6.24. The summed E-state index contributed by atoms with van der Waals surface area (Å²) in [5.41, 5.74) is 1.23. The van der Waals surface area contributed by atoms with Crippen LogP contribution in [0.15, 0.2) is 17.6 Å². The molecule has 3 rings (SSSR count). The Morgan fingerprint density at radius 2 is 1.83 bits per heavy atom. The van der Waals surface area contributed by atoms with Crippen molar-refractivity contribution in [1.29, 1.82) is 0 Å². The third kappa shape index (κ3) is 5.15. The fraction of sp³-hybridized carbons (Fsp3) is 0.778. The molecular formula is C18H30N4OS. The fourth-order valence-corrected chi connectivity index (χ4v) is 4.10. The first-order chi connectivity index (χ1) is 11.7. The molecule has 1 aromatic rings. The molecule has 2 saturated heterocycles. The lowest BCUT2D eigenvalue weighted by atomic mass is 10.1. The summed E-state index contributed by atoms with van der Waals surface area (Å²) in [6.07, 6.45) is 7.55. The van der Waals surface area contributed by atoms with Gasteiger partial charge in [-0.15, -0.1) is 0 Å². The zero-order chi connectivity index (χ0) is 16.8. The van der Waals surface area contributed by atoms with Gasteiger partial charge in [0.25, 0.3) is 0 Å². The Morgan fingerprint density at radius 3 is 2.46 bits per heavy atom. The summed E-state index contributed by atoms with van der Waals surface area (Å²) in [5, 5.41) is 1.48. The Balaban J connectivity index is 1.44. The van der Waals surface area contributed by atoms with Crippen LogP contribution in [0.4, 0.5) is 0 Å². The summed E-state index contributed by atoms with van der Waals surface area (Å²) in [4.78, 5) is 14.2. The number of thioether (sulfide) groups is 1. The van der Waals surface area contributed by atoms with Gasteiger partial charge in [-0.3, -0.25) is 9.80 Å². The van der Waals surface area contributed by atoms with Crippen LogP contribution in [-0.4, -0.2) is 70.5 Å². The van der Waals surface area contributed by atoms with E-state index in [1.807, 2.05) is 12.4 Å². The van der Waals surface area contributed by atoms with Gasteiger partial charge in [0, 0.05) is 75.2 Å². The molecule has 6 heteroatoms. The van der Waals surface area contributed by atoms with Crippen LogP contribution in [0.2, 0.25) is 0 Å². The molecule has 0 amide bonds. The van der Waals surface area contributed by atoms with E-state index in [0.717, 1.165) is 50.5 Å². The maximum atomic E-state index is 5.48. The number of rotatable bonds is 6. The minimum atomic E-state index is 0.578. The average molecular weight is 351 g/mol. The maximum Gasteiger partial charge on any atom is 0.187 e. The Kier molecular flexibility index (Phi) is 6.89. The molecule has 0 aromatic carbocycles. The highest BCUT2D eigenvalue weighted by atomic mass is 32.2. The number of hydrogen-bond donors (Lipinski definition) is 0. The second-order valence-corrected chi connectivity index (χ2v) is 8.27. The standard InChI is InChI=1S/C18H30N4OS/c1-3-15(2)24-18-19-12-16(13-20-18)14-21-6-8-22(9-7-21)17-4-10-23-11-5-17/h12-13,15,17H,3-11,14H2,1-2H3/t15-/m1/s1. The molecule has 134 valence electrons. The maximum absolute atomic E-state index is 5.48. The molecule has 0 spiro atoms. The van der Waals surface area contributed by atoms with Crippen molar-refractivity contribution in [3.63, 3.8) is 0 Å². The summed E-state index contributed by atoms with van der Waals surface area (Å²) in [6, 6.07) is 0.737. The summed E-state index contributed by atoms with van der Waals surface area (Å²) in [6.45, 7) is 11.9. The molecule has 2 aliphatic heterocycles. The van der Waals surface area contributed by atoms with Gasteiger partial charge in [-0.25, -0.2) is 9.97 Å². The molecule has 24 heavy (non-hydrogen) atoms. The van der Waals surface area contributed by atoms with E-state index in [-0.39, 0.29) is 0 Å². The number of nitrogens with zero attached hydrogens (tertiary/aromatic N) is 4. The van der Waals surface area contributed by atoms with Gasteiger partial charge in [0.15, 0.2) is 5.16 Å². The van der Waals surface area contributed by atoms with Crippen LogP contribution >= 0.6 is 11.8 Å². The van der Waals surface area contributed by atoms with Gasteiger partial charge in [-0.2, -0.15) is 0 Å².